The Hall–Kier alpha value is -2.37. The number of benzene rings is 2. The molecule has 0 aliphatic carbocycles. The van der Waals surface area contributed by atoms with Gasteiger partial charge in [-0.2, -0.15) is 13.2 Å². The molecule has 0 aliphatic heterocycles. The molecule has 0 heterocycles. The van der Waals surface area contributed by atoms with Gasteiger partial charge < -0.3 is 15.4 Å². The molecule has 0 aromatic heterocycles. The average molecular weight is 338 g/mol. The SMILES string of the molecule is CC(C)Oc1ccccc1NCCNc1cccc(C(F)(F)F)c1. The van der Waals surface area contributed by atoms with Crippen molar-refractivity contribution in [1.29, 1.82) is 0 Å². The minimum atomic E-state index is -4.33. The number of halogens is 3. The Morgan fingerprint density at radius 1 is 0.958 bits per heavy atom. The molecule has 0 saturated carbocycles. The first-order valence-electron chi connectivity index (χ1n) is 7.77. The molecule has 0 bridgehead atoms. The molecule has 0 radical (unpaired) electrons. The van der Waals surface area contributed by atoms with Gasteiger partial charge in [0.05, 0.1) is 17.4 Å². The third kappa shape index (κ3) is 5.37. The number of nitrogens with one attached hydrogen (secondary N) is 2. The number of hydrogen-bond acceptors (Lipinski definition) is 3. The van der Waals surface area contributed by atoms with E-state index >= 15 is 0 Å². The lowest BCUT2D eigenvalue weighted by molar-refractivity contribution is -0.137. The summed E-state index contributed by atoms with van der Waals surface area (Å²) < 4.78 is 43.7. The Bertz CT molecular complexity index is 657. The van der Waals surface area contributed by atoms with Gasteiger partial charge in [0.1, 0.15) is 5.75 Å². The van der Waals surface area contributed by atoms with E-state index in [4.69, 9.17) is 4.74 Å². The fraction of sp³-hybridized carbons (Fsp3) is 0.333. The van der Waals surface area contributed by atoms with Crippen LogP contribution in [0.3, 0.4) is 0 Å². The van der Waals surface area contributed by atoms with Crippen molar-refractivity contribution in [3.05, 3.63) is 54.1 Å². The van der Waals surface area contributed by atoms with Gasteiger partial charge in [-0.15, -0.1) is 0 Å². The second kappa shape index (κ2) is 7.95. The van der Waals surface area contributed by atoms with Gasteiger partial charge in [-0.3, -0.25) is 0 Å². The van der Waals surface area contributed by atoms with Crippen molar-refractivity contribution in [2.75, 3.05) is 23.7 Å². The van der Waals surface area contributed by atoms with Crippen molar-refractivity contribution in [3.63, 3.8) is 0 Å². The predicted molar refractivity (Wildman–Crippen MR) is 90.6 cm³/mol. The van der Waals surface area contributed by atoms with Crippen molar-refractivity contribution in [2.24, 2.45) is 0 Å². The third-order valence-electron chi connectivity index (χ3n) is 3.21. The monoisotopic (exact) mass is 338 g/mol. The van der Waals surface area contributed by atoms with Gasteiger partial charge in [-0.25, -0.2) is 0 Å². The zero-order valence-electron chi connectivity index (χ0n) is 13.7. The highest BCUT2D eigenvalue weighted by atomic mass is 19.4. The molecule has 0 atom stereocenters. The summed E-state index contributed by atoms with van der Waals surface area (Å²) in [6, 6.07) is 12.7. The van der Waals surface area contributed by atoms with Crippen LogP contribution in [0.15, 0.2) is 48.5 Å². The van der Waals surface area contributed by atoms with Crippen molar-refractivity contribution < 1.29 is 17.9 Å². The molecule has 0 saturated heterocycles. The van der Waals surface area contributed by atoms with Gasteiger partial charge in [0.25, 0.3) is 0 Å². The Labute approximate surface area is 139 Å². The normalized spacial score (nSPS) is 11.4. The molecule has 24 heavy (non-hydrogen) atoms. The van der Waals surface area contributed by atoms with Crippen LogP contribution in [0.2, 0.25) is 0 Å². The van der Waals surface area contributed by atoms with Gasteiger partial charge >= 0.3 is 6.18 Å². The van der Waals surface area contributed by atoms with E-state index in [9.17, 15) is 13.2 Å². The van der Waals surface area contributed by atoms with Crippen LogP contribution in [0.1, 0.15) is 19.4 Å². The topological polar surface area (TPSA) is 33.3 Å². The van der Waals surface area contributed by atoms with Gasteiger partial charge in [-0.1, -0.05) is 18.2 Å². The minimum Gasteiger partial charge on any atom is -0.489 e. The van der Waals surface area contributed by atoms with Crippen LogP contribution in [0.5, 0.6) is 5.75 Å². The summed E-state index contributed by atoms with van der Waals surface area (Å²) in [5, 5.41) is 6.21. The molecular weight excluding hydrogens is 317 g/mol. The smallest absolute Gasteiger partial charge is 0.416 e. The van der Waals surface area contributed by atoms with Crippen molar-refractivity contribution >= 4 is 11.4 Å². The van der Waals surface area contributed by atoms with E-state index in [0.29, 0.717) is 18.8 Å². The fourth-order valence-corrected chi connectivity index (χ4v) is 2.18. The maximum absolute atomic E-state index is 12.7. The Morgan fingerprint density at radius 3 is 2.38 bits per heavy atom. The van der Waals surface area contributed by atoms with Crippen molar-refractivity contribution in [2.45, 2.75) is 26.1 Å². The molecule has 2 aromatic carbocycles. The number of anilines is 2. The molecule has 2 N–H and O–H groups in total. The van der Waals surface area contributed by atoms with E-state index < -0.39 is 11.7 Å². The van der Waals surface area contributed by atoms with Crippen molar-refractivity contribution in [3.8, 4) is 5.75 Å². The highest BCUT2D eigenvalue weighted by Gasteiger charge is 2.30. The standard InChI is InChI=1S/C18H21F3N2O/c1-13(2)24-17-9-4-3-8-16(17)23-11-10-22-15-7-5-6-14(12-15)18(19,20)21/h3-9,12-13,22-23H,10-11H2,1-2H3. The lowest BCUT2D eigenvalue weighted by atomic mass is 10.2. The van der Waals surface area contributed by atoms with Gasteiger partial charge in [0, 0.05) is 18.8 Å². The van der Waals surface area contributed by atoms with Gasteiger partial charge in [-0.05, 0) is 44.2 Å². The molecule has 130 valence electrons. The Kier molecular flexibility index (Phi) is 5.95. The minimum absolute atomic E-state index is 0.0659. The largest absolute Gasteiger partial charge is 0.489 e. The quantitative estimate of drug-likeness (QED) is 0.696. The summed E-state index contributed by atoms with van der Waals surface area (Å²) in [6.07, 6.45) is -4.26. The first-order chi connectivity index (χ1) is 11.4. The molecule has 0 spiro atoms. The van der Waals surface area contributed by atoms with Crippen molar-refractivity contribution in [1.82, 2.24) is 0 Å². The highest BCUT2D eigenvalue weighted by Crippen LogP contribution is 2.30. The number of alkyl halides is 3. The van der Waals surface area contributed by atoms with Gasteiger partial charge in [0.2, 0.25) is 0 Å². The van der Waals surface area contributed by atoms with Crippen LogP contribution >= 0.6 is 0 Å². The molecule has 0 fully saturated rings. The fourth-order valence-electron chi connectivity index (χ4n) is 2.18. The zero-order chi connectivity index (χ0) is 17.6. The molecule has 6 heteroatoms. The van der Waals surface area contributed by atoms with E-state index in [0.717, 1.165) is 23.6 Å². The lowest BCUT2D eigenvalue weighted by Gasteiger charge is -2.16. The number of rotatable bonds is 7. The third-order valence-corrected chi connectivity index (χ3v) is 3.21. The van der Waals surface area contributed by atoms with Crippen LogP contribution in [-0.4, -0.2) is 19.2 Å². The summed E-state index contributed by atoms with van der Waals surface area (Å²) >= 11 is 0. The second-order valence-corrected chi connectivity index (χ2v) is 5.59. The molecule has 2 rings (SSSR count). The molecular formula is C18H21F3N2O. The highest BCUT2D eigenvalue weighted by molar-refractivity contribution is 5.56. The van der Waals surface area contributed by atoms with Crippen LogP contribution in [-0.2, 0) is 6.18 Å². The van der Waals surface area contributed by atoms with E-state index in [1.807, 2.05) is 38.1 Å². The maximum atomic E-state index is 12.7. The molecule has 2 aromatic rings. The lowest BCUT2D eigenvalue weighted by Crippen LogP contribution is -2.15. The predicted octanol–water partition coefficient (Wildman–Crippen LogP) is 5.02. The van der Waals surface area contributed by atoms with Crippen LogP contribution in [0.4, 0.5) is 24.5 Å². The zero-order valence-corrected chi connectivity index (χ0v) is 13.7. The first kappa shape index (κ1) is 18.0. The summed E-state index contributed by atoms with van der Waals surface area (Å²) in [6.45, 7) is 4.93. The molecule has 3 nitrogen and oxygen atoms in total. The summed E-state index contributed by atoms with van der Waals surface area (Å²) in [7, 11) is 0. The van der Waals surface area contributed by atoms with Crippen LogP contribution < -0.4 is 15.4 Å². The van der Waals surface area contributed by atoms with E-state index in [1.165, 1.54) is 6.07 Å². The van der Waals surface area contributed by atoms with E-state index in [1.54, 1.807) is 6.07 Å². The summed E-state index contributed by atoms with van der Waals surface area (Å²) in [5.41, 5.74) is 0.645. The Balaban J connectivity index is 1.88. The molecule has 0 amide bonds. The van der Waals surface area contributed by atoms with Gasteiger partial charge in [0.15, 0.2) is 0 Å². The Morgan fingerprint density at radius 2 is 1.67 bits per heavy atom. The van der Waals surface area contributed by atoms with Crippen LogP contribution in [0.25, 0.3) is 0 Å². The van der Waals surface area contributed by atoms with E-state index in [-0.39, 0.29) is 6.10 Å². The maximum Gasteiger partial charge on any atom is 0.416 e. The number of hydrogen-bond donors (Lipinski definition) is 2. The molecule has 0 unspecified atom stereocenters. The summed E-state index contributed by atoms with van der Waals surface area (Å²) in [5.74, 6) is 0.756. The summed E-state index contributed by atoms with van der Waals surface area (Å²) in [4.78, 5) is 0. The number of ether oxygens (including phenoxy) is 1. The first-order valence-corrected chi connectivity index (χ1v) is 7.77. The van der Waals surface area contributed by atoms with E-state index in [2.05, 4.69) is 10.6 Å². The second-order valence-electron chi connectivity index (χ2n) is 5.59. The average Bonchev–Trinajstić information content (AvgIpc) is 2.52. The number of para-hydroxylation sites is 2. The van der Waals surface area contributed by atoms with Crippen LogP contribution in [0, 0.1) is 0 Å². The molecule has 0 aliphatic rings.